The average molecular weight is 521 g/mol. The Bertz CT molecular complexity index is 1140. The van der Waals surface area contributed by atoms with Gasteiger partial charge in [0.25, 0.3) is 0 Å². The van der Waals surface area contributed by atoms with Crippen LogP contribution in [0.5, 0.6) is 5.75 Å². The number of aliphatic hydroxyl groups is 1. The average Bonchev–Trinajstić information content (AvgIpc) is 2.95. The Labute approximate surface area is 227 Å². The van der Waals surface area contributed by atoms with Gasteiger partial charge in [0.2, 0.25) is 0 Å². The van der Waals surface area contributed by atoms with Gasteiger partial charge in [-0.3, -0.25) is 4.90 Å². The molecule has 3 heterocycles. The van der Waals surface area contributed by atoms with Gasteiger partial charge in [0.05, 0.1) is 31.2 Å². The summed E-state index contributed by atoms with van der Waals surface area (Å²) in [5.41, 5.74) is 4.57. The number of hydrogen-bond acceptors (Lipinski definition) is 7. The molecule has 1 N–H and O–H groups in total. The lowest BCUT2D eigenvalue weighted by Crippen LogP contribution is -2.35. The van der Waals surface area contributed by atoms with Gasteiger partial charge in [0.15, 0.2) is 0 Å². The van der Waals surface area contributed by atoms with Crippen LogP contribution in [-0.2, 0) is 24.3 Å². The summed E-state index contributed by atoms with van der Waals surface area (Å²) in [6, 6.07) is 15.0. The fourth-order valence-corrected chi connectivity index (χ4v) is 5.29. The Kier molecular flexibility index (Phi) is 10.3. The lowest BCUT2D eigenvalue weighted by Gasteiger charge is -2.32. The molecule has 5 rings (SSSR count). The topological polar surface area (TPSA) is 71.0 Å². The quantitative estimate of drug-likeness (QED) is 0.458. The Hall–Kier alpha value is -2.74. The molecule has 1 aromatic heterocycles. The molecular formula is C31H44N4O3. The van der Waals surface area contributed by atoms with E-state index < -0.39 is 0 Å². The zero-order chi connectivity index (χ0) is 26.9. The van der Waals surface area contributed by atoms with Crippen LogP contribution in [0.4, 0.5) is 5.69 Å². The predicted molar refractivity (Wildman–Crippen MR) is 154 cm³/mol. The highest BCUT2D eigenvalue weighted by Gasteiger charge is 2.18. The molecule has 0 amide bonds. The summed E-state index contributed by atoms with van der Waals surface area (Å²) in [6.45, 7) is 10.4. The van der Waals surface area contributed by atoms with E-state index in [2.05, 4.69) is 58.1 Å². The summed E-state index contributed by atoms with van der Waals surface area (Å²) < 4.78 is 10.4. The molecule has 2 aliphatic heterocycles. The first-order valence-corrected chi connectivity index (χ1v) is 14.1. The molecule has 3 aromatic rings. The molecule has 38 heavy (non-hydrogen) atoms. The van der Waals surface area contributed by atoms with Crippen LogP contribution in [0, 0.1) is 5.92 Å². The summed E-state index contributed by atoms with van der Waals surface area (Å²) >= 11 is 0. The molecule has 0 aliphatic carbocycles. The van der Waals surface area contributed by atoms with Gasteiger partial charge in [-0.15, -0.1) is 0 Å². The molecular weight excluding hydrogens is 476 g/mol. The first-order chi connectivity index (χ1) is 18.5. The van der Waals surface area contributed by atoms with E-state index in [4.69, 9.17) is 9.47 Å². The van der Waals surface area contributed by atoms with Crippen molar-refractivity contribution in [1.82, 2.24) is 15.1 Å². The molecule has 2 aromatic carbocycles. The second-order valence-corrected chi connectivity index (χ2v) is 10.6. The number of aliphatic hydroxyl groups excluding tert-OH is 1. The van der Waals surface area contributed by atoms with Crippen molar-refractivity contribution in [3.63, 3.8) is 0 Å². The van der Waals surface area contributed by atoms with Gasteiger partial charge in [0, 0.05) is 43.2 Å². The van der Waals surface area contributed by atoms with Crippen molar-refractivity contribution in [2.75, 3.05) is 45.3 Å². The van der Waals surface area contributed by atoms with Crippen LogP contribution in [-0.4, -0.2) is 66.7 Å². The van der Waals surface area contributed by atoms with E-state index in [1.807, 2.05) is 18.2 Å². The van der Waals surface area contributed by atoms with E-state index in [0.717, 1.165) is 72.7 Å². The van der Waals surface area contributed by atoms with E-state index in [1.54, 1.807) is 14.2 Å². The molecule has 2 aliphatic rings. The van der Waals surface area contributed by atoms with Gasteiger partial charge >= 0.3 is 0 Å². The number of methoxy groups -OCH3 is 2. The molecule has 0 radical (unpaired) electrons. The third-order valence-electron chi connectivity index (χ3n) is 7.80. The summed E-state index contributed by atoms with van der Waals surface area (Å²) in [4.78, 5) is 4.96. The van der Waals surface area contributed by atoms with E-state index in [-0.39, 0.29) is 6.10 Å². The Morgan fingerprint density at radius 2 is 1.55 bits per heavy atom. The highest BCUT2D eigenvalue weighted by molar-refractivity contribution is 5.87. The predicted octanol–water partition coefficient (Wildman–Crippen LogP) is 5.23. The Morgan fingerprint density at radius 1 is 0.868 bits per heavy atom. The summed E-state index contributed by atoms with van der Waals surface area (Å²) in [6.07, 6.45) is 5.23. The molecule has 7 heteroatoms. The first-order valence-electron chi connectivity index (χ1n) is 14.1. The number of rotatable bonds is 7. The van der Waals surface area contributed by atoms with Crippen molar-refractivity contribution in [3.05, 3.63) is 59.4 Å². The smallest absolute Gasteiger partial charge is 0.119 e. The number of fused-ring (bicyclic) bond motifs is 1. The Morgan fingerprint density at radius 3 is 2.18 bits per heavy atom. The second-order valence-electron chi connectivity index (χ2n) is 10.6. The minimum atomic E-state index is -0.0954. The molecule has 0 saturated carbocycles. The van der Waals surface area contributed by atoms with Crippen molar-refractivity contribution in [2.24, 2.45) is 5.92 Å². The standard InChI is InChI=1S/C18H28N2O.C13H16N2O2/c1-15-6-10-19(11-7-15)14-16-2-4-17(5-3-16)20-12-8-18(21)9-13-20;1-4-12-11-7-9(17-3)5-6-10(11)13(8-16-2)15-14-12/h2-5,15,18,21H,6-14H2,1H3;5-7H,4,8H2,1-3H3. The Balaban J connectivity index is 0.000000181. The van der Waals surface area contributed by atoms with Crippen LogP contribution < -0.4 is 9.64 Å². The zero-order valence-corrected chi connectivity index (χ0v) is 23.5. The van der Waals surface area contributed by atoms with Crippen LogP contribution in [0.2, 0.25) is 0 Å². The summed E-state index contributed by atoms with van der Waals surface area (Å²) in [7, 11) is 3.32. The molecule has 0 atom stereocenters. The highest BCUT2D eigenvalue weighted by Crippen LogP contribution is 2.26. The summed E-state index contributed by atoms with van der Waals surface area (Å²) in [5, 5.41) is 20.2. The van der Waals surface area contributed by atoms with Crippen molar-refractivity contribution in [1.29, 1.82) is 0 Å². The minimum absolute atomic E-state index is 0.0954. The lowest BCUT2D eigenvalue weighted by molar-refractivity contribution is 0.145. The second kappa shape index (κ2) is 13.9. The van der Waals surface area contributed by atoms with Crippen molar-refractivity contribution in [2.45, 2.75) is 65.2 Å². The monoisotopic (exact) mass is 520 g/mol. The van der Waals surface area contributed by atoms with Crippen LogP contribution in [0.1, 0.15) is 56.5 Å². The van der Waals surface area contributed by atoms with Crippen molar-refractivity contribution < 1.29 is 14.6 Å². The number of anilines is 1. The third-order valence-corrected chi connectivity index (χ3v) is 7.80. The number of benzene rings is 2. The molecule has 0 bridgehead atoms. The molecule has 0 spiro atoms. The minimum Gasteiger partial charge on any atom is -0.497 e. The van der Waals surface area contributed by atoms with Crippen LogP contribution in [0.15, 0.2) is 42.5 Å². The van der Waals surface area contributed by atoms with Gasteiger partial charge < -0.3 is 19.5 Å². The van der Waals surface area contributed by atoms with Gasteiger partial charge in [-0.05, 0) is 87.0 Å². The van der Waals surface area contributed by atoms with Gasteiger partial charge in [-0.1, -0.05) is 26.0 Å². The molecule has 2 saturated heterocycles. The van der Waals surface area contributed by atoms with E-state index in [9.17, 15) is 5.11 Å². The number of aromatic nitrogens is 2. The zero-order valence-electron chi connectivity index (χ0n) is 23.5. The van der Waals surface area contributed by atoms with Crippen molar-refractivity contribution >= 4 is 16.5 Å². The first kappa shape index (κ1) is 28.3. The van der Waals surface area contributed by atoms with Gasteiger partial charge in [-0.2, -0.15) is 10.2 Å². The maximum Gasteiger partial charge on any atom is 0.119 e. The maximum atomic E-state index is 9.59. The van der Waals surface area contributed by atoms with Gasteiger partial charge in [-0.25, -0.2) is 0 Å². The highest BCUT2D eigenvalue weighted by atomic mass is 16.5. The lowest BCUT2D eigenvalue weighted by atomic mass is 9.99. The third kappa shape index (κ3) is 7.43. The van der Waals surface area contributed by atoms with Crippen LogP contribution >= 0.6 is 0 Å². The number of ether oxygens (including phenoxy) is 2. The van der Waals surface area contributed by atoms with E-state index >= 15 is 0 Å². The number of likely N-dealkylation sites (tertiary alicyclic amines) is 1. The fraction of sp³-hybridized carbons (Fsp3) is 0.548. The normalized spacial score (nSPS) is 17.3. The molecule has 2 fully saturated rings. The maximum absolute atomic E-state index is 9.59. The number of piperidine rings is 2. The van der Waals surface area contributed by atoms with Crippen LogP contribution in [0.25, 0.3) is 10.8 Å². The number of aryl methyl sites for hydroxylation is 1. The van der Waals surface area contributed by atoms with Crippen LogP contribution in [0.3, 0.4) is 0 Å². The van der Waals surface area contributed by atoms with E-state index in [1.165, 1.54) is 37.2 Å². The molecule has 7 nitrogen and oxygen atoms in total. The number of nitrogens with zero attached hydrogens (tertiary/aromatic N) is 4. The summed E-state index contributed by atoms with van der Waals surface area (Å²) in [5.74, 6) is 1.74. The largest absolute Gasteiger partial charge is 0.497 e. The SMILES string of the molecule is CC1CCN(Cc2ccc(N3CCC(O)CC3)cc2)CC1.CCc1nnc(COC)c2ccc(OC)cc12. The fourth-order valence-electron chi connectivity index (χ4n) is 5.29. The molecule has 0 unspecified atom stereocenters. The van der Waals surface area contributed by atoms with E-state index in [0.29, 0.717) is 6.61 Å². The van der Waals surface area contributed by atoms with Gasteiger partial charge in [0.1, 0.15) is 5.75 Å². The number of hydrogen-bond donors (Lipinski definition) is 1. The molecule has 206 valence electrons. The van der Waals surface area contributed by atoms with Crippen molar-refractivity contribution in [3.8, 4) is 5.75 Å².